The zero-order chi connectivity index (χ0) is 12.3. The van der Waals surface area contributed by atoms with Gasteiger partial charge in [-0.2, -0.15) is 0 Å². The molecule has 1 aliphatic carbocycles. The predicted octanol–water partition coefficient (Wildman–Crippen LogP) is 3.68. The highest BCUT2D eigenvalue weighted by atomic mass is 79.9. The summed E-state index contributed by atoms with van der Waals surface area (Å²) >= 11 is 3.46. The molecule has 0 unspecified atom stereocenters. The zero-order valence-electron chi connectivity index (χ0n) is 10.1. The molecule has 0 aliphatic heterocycles. The van der Waals surface area contributed by atoms with Gasteiger partial charge in [0.25, 0.3) is 5.91 Å². The number of halogens is 1. The smallest absolute Gasteiger partial charge is 0.252 e. The van der Waals surface area contributed by atoms with E-state index >= 15 is 0 Å². The number of carbonyl (C=O) groups excluding carboxylic acids is 1. The Morgan fingerprint density at radius 3 is 2.94 bits per heavy atom. The van der Waals surface area contributed by atoms with E-state index in [0.717, 1.165) is 34.5 Å². The molecule has 1 aromatic carbocycles. The quantitative estimate of drug-likeness (QED) is 0.825. The van der Waals surface area contributed by atoms with Crippen molar-refractivity contribution in [3.05, 3.63) is 33.8 Å². The third kappa shape index (κ3) is 3.56. The Hall–Kier alpha value is -0.830. The number of aryl methyl sites for hydroxylation is 1. The van der Waals surface area contributed by atoms with Crippen LogP contribution in [0.4, 0.5) is 0 Å². The summed E-state index contributed by atoms with van der Waals surface area (Å²) in [6, 6.07) is 5.76. The van der Waals surface area contributed by atoms with Crippen LogP contribution in [0.3, 0.4) is 0 Å². The van der Waals surface area contributed by atoms with Crippen molar-refractivity contribution in [1.29, 1.82) is 0 Å². The van der Waals surface area contributed by atoms with Crippen molar-refractivity contribution >= 4 is 21.8 Å². The maximum atomic E-state index is 11.9. The average Bonchev–Trinajstić information content (AvgIpc) is 3.12. The molecule has 1 saturated carbocycles. The van der Waals surface area contributed by atoms with Gasteiger partial charge in [0.2, 0.25) is 0 Å². The molecule has 1 aromatic rings. The molecule has 1 N–H and O–H groups in total. The van der Waals surface area contributed by atoms with Crippen LogP contribution in [0.25, 0.3) is 0 Å². The van der Waals surface area contributed by atoms with Gasteiger partial charge in [-0.25, -0.2) is 0 Å². The lowest BCUT2D eigenvalue weighted by atomic mass is 10.1. The summed E-state index contributed by atoms with van der Waals surface area (Å²) in [6.45, 7) is 2.78. The Morgan fingerprint density at radius 2 is 2.24 bits per heavy atom. The van der Waals surface area contributed by atoms with Crippen molar-refractivity contribution in [3.63, 3.8) is 0 Å². The van der Waals surface area contributed by atoms with Crippen LogP contribution in [0.15, 0.2) is 22.7 Å². The summed E-state index contributed by atoms with van der Waals surface area (Å²) in [7, 11) is 0. The van der Waals surface area contributed by atoms with Gasteiger partial charge in [0.05, 0.1) is 5.56 Å². The molecule has 0 saturated heterocycles. The normalized spacial score (nSPS) is 14.7. The van der Waals surface area contributed by atoms with Crippen LogP contribution in [0.2, 0.25) is 0 Å². The van der Waals surface area contributed by atoms with Crippen LogP contribution in [-0.2, 0) is 0 Å². The Bertz CT molecular complexity index is 413. The highest BCUT2D eigenvalue weighted by Crippen LogP contribution is 2.33. The van der Waals surface area contributed by atoms with Crippen LogP contribution in [-0.4, -0.2) is 12.5 Å². The fraction of sp³-hybridized carbons (Fsp3) is 0.500. The summed E-state index contributed by atoms with van der Waals surface area (Å²) in [5, 5.41) is 2.98. The van der Waals surface area contributed by atoms with Crippen molar-refractivity contribution in [3.8, 4) is 0 Å². The third-order valence-electron chi connectivity index (χ3n) is 3.21. The molecule has 1 fully saturated rings. The summed E-state index contributed by atoms with van der Waals surface area (Å²) in [5.74, 6) is 0.967. The van der Waals surface area contributed by atoms with E-state index in [0.29, 0.717) is 0 Å². The topological polar surface area (TPSA) is 29.1 Å². The zero-order valence-corrected chi connectivity index (χ0v) is 11.7. The van der Waals surface area contributed by atoms with Gasteiger partial charge in [-0.15, -0.1) is 0 Å². The predicted molar refractivity (Wildman–Crippen MR) is 73.2 cm³/mol. The van der Waals surface area contributed by atoms with Gasteiger partial charge in [0.1, 0.15) is 0 Å². The second kappa shape index (κ2) is 5.67. The minimum Gasteiger partial charge on any atom is -0.352 e. The van der Waals surface area contributed by atoms with E-state index < -0.39 is 0 Å². The molecule has 2 nitrogen and oxygen atoms in total. The van der Waals surface area contributed by atoms with Gasteiger partial charge in [-0.3, -0.25) is 4.79 Å². The standard InChI is InChI=1S/C14H18BrNO/c1-10-4-2-6-12(13(10)15)14(17)16-9-3-5-11-7-8-11/h2,4,6,11H,3,5,7-9H2,1H3,(H,16,17). The van der Waals surface area contributed by atoms with E-state index in [4.69, 9.17) is 0 Å². The van der Waals surface area contributed by atoms with Crippen molar-refractivity contribution in [1.82, 2.24) is 5.32 Å². The van der Waals surface area contributed by atoms with E-state index in [1.807, 2.05) is 25.1 Å². The van der Waals surface area contributed by atoms with Crippen LogP contribution in [0.5, 0.6) is 0 Å². The van der Waals surface area contributed by atoms with Crippen molar-refractivity contribution in [2.24, 2.45) is 5.92 Å². The maximum absolute atomic E-state index is 11.9. The first-order valence-corrected chi connectivity index (χ1v) is 7.01. The fourth-order valence-electron chi connectivity index (χ4n) is 1.92. The SMILES string of the molecule is Cc1cccc(C(=O)NCCCC2CC2)c1Br. The molecule has 1 aliphatic rings. The van der Waals surface area contributed by atoms with Crippen molar-refractivity contribution < 1.29 is 4.79 Å². The Morgan fingerprint density at radius 1 is 1.47 bits per heavy atom. The molecular formula is C14H18BrNO. The molecule has 2 rings (SSSR count). The van der Waals surface area contributed by atoms with Gasteiger partial charge >= 0.3 is 0 Å². The van der Waals surface area contributed by atoms with Gasteiger partial charge in [0.15, 0.2) is 0 Å². The molecule has 92 valence electrons. The number of hydrogen-bond acceptors (Lipinski definition) is 1. The minimum absolute atomic E-state index is 0.0244. The van der Waals surface area contributed by atoms with Gasteiger partial charge < -0.3 is 5.32 Å². The second-order valence-corrected chi connectivity index (χ2v) is 5.57. The third-order valence-corrected chi connectivity index (χ3v) is 4.26. The van der Waals surface area contributed by atoms with Gasteiger partial charge in [-0.1, -0.05) is 25.0 Å². The number of rotatable bonds is 5. The largest absolute Gasteiger partial charge is 0.352 e. The first-order chi connectivity index (χ1) is 8.18. The van der Waals surface area contributed by atoms with E-state index in [2.05, 4.69) is 21.2 Å². The van der Waals surface area contributed by atoms with E-state index in [1.165, 1.54) is 19.3 Å². The lowest BCUT2D eigenvalue weighted by Gasteiger charge is -2.08. The molecule has 1 amide bonds. The summed E-state index contributed by atoms with van der Waals surface area (Å²) < 4.78 is 0.902. The number of carbonyl (C=O) groups is 1. The van der Waals surface area contributed by atoms with Gasteiger partial charge in [-0.05, 0) is 53.2 Å². The highest BCUT2D eigenvalue weighted by Gasteiger charge is 2.20. The van der Waals surface area contributed by atoms with Crippen molar-refractivity contribution in [2.45, 2.75) is 32.6 Å². The average molecular weight is 296 g/mol. The molecule has 3 heteroatoms. The Kier molecular flexibility index (Phi) is 4.21. The monoisotopic (exact) mass is 295 g/mol. The van der Waals surface area contributed by atoms with Gasteiger partial charge in [0, 0.05) is 11.0 Å². The summed E-state index contributed by atoms with van der Waals surface area (Å²) in [5.41, 5.74) is 1.83. The number of amides is 1. The van der Waals surface area contributed by atoms with Crippen molar-refractivity contribution in [2.75, 3.05) is 6.54 Å². The first kappa shape index (κ1) is 12.6. The lowest BCUT2D eigenvalue weighted by molar-refractivity contribution is 0.0952. The Labute approximate surface area is 111 Å². The number of hydrogen-bond donors (Lipinski definition) is 1. The second-order valence-electron chi connectivity index (χ2n) is 4.78. The summed E-state index contributed by atoms with van der Waals surface area (Å²) in [6.07, 6.45) is 5.13. The van der Waals surface area contributed by atoms with Crippen LogP contribution < -0.4 is 5.32 Å². The molecule has 0 spiro atoms. The molecule has 0 bridgehead atoms. The first-order valence-electron chi connectivity index (χ1n) is 6.22. The van der Waals surface area contributed by atoms with E-state index in [9.17, 15) is 4.79 Å². The molecule has 0 heterocycles. The number of nitrogens with one attached hydrogen (secondary N) is 1. The molecule has 0 aromatic heterocycles. The highest BCUT2D eigenvalue weighted by molar-refractivity contribution is 9.10. The van der Waals surface area contributed by atoms with Crippen LogP contribution in [0, 0.1) is 12.8 Å². The van der Waals surface area contributed by atoms with E-state index in [1.54, 1.807) is 0 Å². The molecule has 0 atom stereocenters. The van der Waals surface area contributed by atoms with Crippen LogP contribution in [0.1, 0.15) is 41.6 Å². The number of benzene rings is 1. The lowest BCUT2D eigenvalue weighted by Crippen LogP contribution is -2.25. The Balaban J connectivity index is 1.83. The molecule has 17 heavy (non-hydrogen) atoms. The summed E-state index contributed by atoms with van der Waals surface area (Å²) in [4.78, 5) is 11.9. The minimum atomic E-state index is 0.0244. The maximum Gasteiger partial charge on any atom is 0.252 e. The fourth-order valence-corrected chi connectivity index (χ4v) is 2.36. The van der Waals surface area contributed by atoms with E-state index in [-0.39, 0.29) is 5.91 Å². The van der Waals surface area contributed by atoms with Crippen LogP contribution >= 0.6 is 15.9 Å². The molecular weight excluding hydrogens is 278 g/mol. The molecule has 0 radical (unpaired) electrons.